The Morgan fingerprint density at radius 2 is 2.33 bits per heavy atom. The number of fused-ring (bicyclic) bond motifs is 1. The third-order valence-electron chi connectivity index (χ3n) is 2.53. The van der Waals surface area contributed by atoms with Gasteiger partial charge in [-0.3, -0.25) is 0 Å². The lowest BCUT2D eigenvalue weighted by Crippen LogP contribution is -2.29. The molecule has 0 saturated carbocycles. The van der Waals surface area contributed by atoms with Crippen LogP contribution in [-0.2, 0) is 9.53 Å². The second kappa shape index (κ2) is 5.03. The van der Waals surface area contributed by atoms with Gasteiger partial charge in [-0.15, -0.1) is 0 Å². The van der Waals surface area contributed by atoms with Crippen LogP contribution in [0, 0.1) is 6.92 Å². The van der Waals surface area contributed by atoms with Gasteiger partial charge in [-0.25, -0.2) is 9.78 Å². The van der Waals surface area contributed by atoms with Crippen molar-refractivity contribution in [3.05, 3.63) is 24.0 Å². The van der Waals surface area contributed by atoms with Crippen LogP contribution in [0.3, 0.4) is 0 Å². The molecule has 0 aliphatic carbocycles. The standard InChI is InChI=1S/C12H16N4O2/c1-4-18-12(17)9(3)15-11-6-8(2)5-10-13-7-14-16(10)11/h5-7,9,15H,4H2,1-3H3. The largest absolute Gasteiger partial charge is 0.464 e. The second-order valence-corrected chi connectivity index (χ2v) is 4.07. The van der Waals surface area contributed by atoms with E-state index in [0.717, 1.165) is 17.0 Å². The van der Waals surface area contributed by atoms with Crippen LogP contribution in [0.2, 0.25) is 0 Å². The van der Waals surface area contributed by atoms with Gasteiger partial charge in [0.05, 0.1) is 6.61 Å². The fourth-order valence-corrected chi connectivity index (χ4v) is 1.71. The van der Waals surface area contributed by atoms with Crippen LogP contribution in [0.5, 0.6) is 0 Å². The van der Waals surface area contributed by atoms with E-state index >= 15 is 0 Å². The van der Waals surface area contributed by atoms with Gasteiger partial charge in [-0.1, -0.05) is 0 Å². The molecular formula is C12H16N4O2. The van der Waals surface area contributed by atoms with Crippen molar-refractivity contribution in [2.75, 3.05) is 11.9 Å². The second-order valence-electron chi connectivity index (χ2n) is 4.07. The Bertz CT molecular complexity index is 564. The minimum Gasteiger partial charge on any atom is -0.464 e. The van der Waals surface area contributed by atoms with E-state index in [1.165, 1.54) is 6.33 Å². The molecule has 2 rings (SSSR count). The van der Waals surface area contributed by atoms with Crippen LogP contribution in [0.15, 0.2) is 18.5 Å². The molecule has 0 amide bonds. The van der Waals surface area contributed by atoms with E-state index in [1.807, 2.05) is 19.1 Å². The lowest BCUT2D eigenvalue weighted by Gasteiger charge is -2.14. The van der Waals surface area contributed by atoms with E-state index in [1.54, 1.807) is 18.4 Å². The number of anilines is 1. The summed E-state index contributed by atoms with van der Waals surface area (Å²) in [5.74, 6) is 0.440. The summed E-state index contributed by atoms with van der Waals surface area (Å²) in [4.78, 5) is 15.7. The first kappa shape index (κ1) is 12.3. The normalized spacial score (nSPS) is 12.4. The maximum atomic E-state index is 11.6. The van der Waals surface area contributed by atoms with Gasteiger partial charge in [0.25, 0.3) is 0 Å². The number of carbonyl (C=O) groups excluding carboxylic acids is 1. The number of esters is 1. The number of aromatic nitrogens is 3. The number of hydrogen-bond acceptors (Lipinski definition) is 5. The minimum absolute atomic E-state index is 0.285. The van der Waals surface area contributed by atoms with Gasteiger partial charge in [0, 0.05) is 0 Å². The van der Waals surface area contributed by atoms with Gasteiger partial charge < -0.3 is 10.1 Å². The molecule has 1 atom stereocenters. The van der Waals surface area contributed by atoms with Crippen molar-refractivity contribution in [2.45, 2.75) is 26.8 Å². The fraction of sp³-hybridized carbons (Fsp3) is 0.417. The first-order chi connectivity index (χ1) is 8.61. The zero-order valence-corrected chi connectivity index (χ0v) is 10.7. The van der Waals surface area contributed by atoms with Crippen molar-refractivity contribution < 1.29 is 9.53 Å². The highest BCUT2D eigenvalue weighted by atomic mass is 16.5. The SMILES string of the molecule is CCOC(=O)C(C)Nc1cc(C)cc2ncnn12. The van der Waals surface area contributed by atoms with Gasteiger partial charge in [0.1, 0.15) is 18.2 Å². The van der Waals surface area contributed by atoms with Crippen molar-refractivity contribution >= 4 is 17.4 Å². The molecule has 18 heavy (non-hydrogen) atoms. The molecule has 0 bridgehead atoms. The number of pyridine rings is 1. The first-order valence-electron chi connectivity index (χ1n) is 5.85. The summed E-state index contributed by atoms with van der Waals surface area (Å²) in [6, 6.07) is 3.41. The summed E-state index contributed by atoms with van der Waals surface area (Å²) in [5.41, 5.74) is 1.79. The Labute approximate surface area is 105 Å². The molecule has 0 aromatic carbocycles. The Balaban J connectivity index is 2.25. The number of rotatable bonds is 4. The molecule has 2 aromatic rings. The van der Waals surface area contributed by atoms with Gasteiger partial charge in [-0.05, 0) is 38.5 Å². The fourth-order valence-electron chi connectivity index (χ4n) is 1.71. The summed E-state index contributed by atoms with van der Waals surface area (Å²) in [5, 5.41) is 7.19. The third-order valence-corrected chi connectivity index (χ3v) is 2.53. The average Bonchev–Trinajstić information content (AvgIpc) is 2.77. The number of aryl methyl sites for hydroxylation is 1. The van der Waals surface area contributed by atoms with Gasteiger partial charge >= 0.3 is 5.97 Å². The number of carbonyl (C=O) groups is 1. The summed E-state index contributed by atoms with van der Waals surface area (Å²) >= 11 is 0. The lowest BCUT2D eigenvalue weighted by atomic mass is 10.2. The molecule has 0 radical (unpaired) electrons. The third kappa shape index (κ3) is 2.42. The zero-order valence-electron chi connectivity index (χ0n) is 10.7. The number of nitrogens with zero attached hydrogens (tertiary/aromatic N) is 3. The molecule has 0 aliphatic rings. The van der Waals surface area contributed by atoms with Crippen molar-refractivity contribution in [1.29, 1.82) is 0 Å². The van der Waals surface area contributed by atoms with Crippen molar-refractivity contribution in [1.82, 2.24) is 14.6 Å². The number of nitrogens with one attached hydrogen (secondary N) is 1. The average molecular weight is 248 g/mol. The van der Waals surface area contributed by atoms with Gasteiger partial charge in [0.2, 0.25) is 0 Å². The Hall–Kier alpha value is -2.11. The molecule has 6 heteroatoms. The van der Waals surface area contributed by atoms with E-state index in [0.29, 0.717) is 6.61 Å². The molecule has 0 fully saturated rings. The van der Waals surface area contributed by atoms with E-state index in [2.05, 4.69) is 15.4 Å². The van der Waals surface area contributed by atoms with E-state index in [4.69, 9.17) is 4.74 Å². The molecule has 2 heterocycles. The van der Waals surface area contributed by atoms with Gasteiger partial charge in [0.15, 0.2) is 5.65 Å². The molecule has 0 saturated heterocycles. The van der Waals surface area contributed by atoms with Crippen LogP contribution in [0.4, 0.5) is 5.82 Å². The highest BCUT2D eigenvalue weighted by molar-refractivity contribution is 5.78. The summed E-state index contributed by atoms with van der Waals surface area (Å²) in [7, 11) is 0. The predicted octanol–water partition coefficient (Wildman–Crippen LogP) is 1.40. The Morgan fingerprint density at radius 1 is 1.56 bits per heavy atom. The zero-order chi connectivity index (χ0) is 13.1. The molecular weight excluding hydrogens is 232 g/mol. The molecule has 0 aliphatic heterocycles. The van der Waals surface area contributed by atoms with E-state index in [9.17, 15) is 4.79 Å². The molecule has 1 N–H and O–H groups in total. The molecule has 96 valence electrons. The van der Waals surface area contributed by atoms with Crippen LogP contribution < -0.4 is 5.32 Å². The monoisotopic (exact) mass is 248 g/mol. The number of hydrogen-bond donors (Lipinski definition) is 1. The smallest absolute Gasteiger partial charge is 0.328 e. The molecule has 1 unspecified atom stereocenters. The first-order valence-corrected chi connectivity index (χ1v) is 5.85. The highest BCUT2D eigenvalue weighted by Gasteiger charge is 2.15. The van der Waals surface area contributed by atoms with E-state index in [-0.39, 0.29) is 5.97 Å². The highest BCUT2D eigenvalue weighted by Crippen LogP contribution is 2.14. The predicted molar refractivity (Wildman–Crippen MR) is 67.4 cm³/mol. The quantitative estimate of drug-likeness (QED) is 0.828. The van der Waals surface area contributed by atoms with Crippen LogP contribution in [0.1, 0.15) is 19.4 Å². The van der Waals surface area contributed by atoms with Crippen LogP contribution >= 0.6 is 0 Å². The van der Waals surface area contributed by atoms with E-state index < -0.39 is 6.04 Å². The van der Waals surface area contributed by atoms with Crippen LogP contribution in [0.25, 0.3) is 5.65 Å². The maximum absolute atomic E-state index is 11.6. The summed E-state index contributed by atoms with van der Waals surface area (Å²) < 4.78 is 6.61. The molecule has 2 aromatic heterocycles. The maximum Gasteiger partial charge on any atom is 0.328 e. The molecule has 0 spiro atoms. The lowest BCUT2D eigenvalue weighted by molar-refractivity contribution is -0.143. The van der Waals surface area contributed by atoms with Crippen molar-refractivity contribution in [3.8, 4) is 0 Å². The number of ether oxygens (including phenoxy) is 1. The Morgan fingerprint density at radius 3 is 3.06 bits per heavy atom. The topological polar surface area (TPSA) is 68.5 Å². The molecule has 6 nitrogen and oxygen atoms in total. The van der Waals surface area contributed by atoms with Crippen LogP contribution in [-0.4, -0.2) is 33.2 Å². The summed E-state index contributed by atoms with van der Waals surface area (Å²) in [6.07, 6.45) is 1.48. The van der Waals surface area contributed by atoms with Crippen molar-refractivity contribution in [2.24, 2.45) is 0 Å². The Kier molecular flexibility index (Phi) is 3.45. The summed E-state index contributed by atoms with van der Waals surface area (Å²) in [6.45, 7) is 5.88. The van der Waals surface area contributed by atoms with Gasteiger partial charge in [-0.2, -0.15) is 9.61 Å². The minimum atomic E-state index is -0.431. The van der Waals surface area contributed by atoms with Crippen molar-refractivity contribution in [3.63, 3.8) is 0 Å².